The van der Waals surface area contributed by atoms with Crippen LogP contribution in [0.5, 0.6) is 5.75 Å². The minimum atomic E-state index is -0.962. The van der Waals surface area contributed by atoms with Crippen molar-refractivity contribution in [1.29, 1.82) is 0 Å². The standard InChI is InChI=1S/C24H30N2O5/c1-14(24-10-15-6-16(11-24)8-17(7-15)12-24)25-21(27)13-30-22(28)9-20-23(29)26-18-4-2-3-5-19(18)31-20/h2-5,14-17,20H,6-13H2,1H3,(H,25,27)(H,26,29). The third kappa shape index (κ3) is 4.02. The van der Waals surface area contributed by atoms with E-state index in [1.807, 2.05) is 0 Å². The average molecular weight is 427 g/mol. The van der Waals surface area contributed by atoms with Crippen molar-refractivity contribution >= 4 is 23.5 Å². The Morgan fingerprint density at radius 1 is 1.16 bits per heavy atom. The van der Waals surface area contributed by atoms with Crippen molar-refractivity contribution in [2.24, 2.45) is 23.2 Å². The molecule has 4 saturated carbocycles. The van der Waals surface area contributed by atoms with Gasteiger partial charge in [0.1, 0.15) is 5.75 Å². The summed E-state index contributed by atoms with van der Waals surface area (Å²) < 4.78 is 10.8. The summed E-state index contributed by atoms with van der Waals surface area (Å²) in [5.41, 5.74) is 0.783. The molecule has 1 aliphatic heterocycles. The summed E-state index contributed by atoms with van der Waals surface area (Å²) in [7, 11) is 0. The summed E-state index contributed by atoms with van der Waals surface area (Å²) >= 11 is 0. The van der Waals surface area contributed by atoms with Crippen LogP contribution >= 0.6 is 0 Å². The van der Waals surface area contributed by atoms with Crippen LogP contribution in [0.4, 0.5) is 5.69 Å². The van der Waals surface area contributed by atoms with E-state index in [-0.39, 0.29) is 30.4 Å². The second-order valence-corrected chi connectivity index (χ2v) is 10.0. The molecular formula is C24H30N2O5. The van der Waals surface area contributed by atoms with E-state index in [9.17, 15) is 14.4 Å². The number of hydrogen-bond donors (Lipinski definition) is 2. The van der Waals surface area contributed by atoms with E-state index in [1.165, 1.54) is 38.5 Å². The fourth-order valence-corrected chi connectivity index (χ4v) is 6.73. The summed E-state index contributed by atoms with van der Waals surface area (Å²) in [4.78, 5) is 36.8. The molecule has 2 N–H and O–H groups in total. The number of benzene rings is 1. The maximum Gasteiger partial charge on any atom is 0.310 e. The highest BCUT2D eigenvalue weighted by Crippen LogP contribution is 2.61. The van der Waals surface area contributed by atoms with Crippen molar-refractivity contribution in [3.8, 4) is 5.75 Å². The molecule has 5 aliphatic rings. The van der Waals surface area contributed by atoms with E-state index in [0.717, 1.165) is 17.8 Å². The number of nitrogens with one attached hydrogen (secondary N) is 2. The van der Waals surface area contributed by atoms with Crippen LogP contribution in [0, 0.1) is 23.2 Å². The summed E-state index contributed by atoms with van der Waals surface area (Å²) in [6, 6.07) is 7.13. The molecule has 2 atom stereocenters. The number of rotatable bonds is 6. The molecule has 2 amide bonds. The smallest absolute Gasteiger partial charge is 0.310 e. The zero-order chi connectivity index (χ0) is 21.6. The fraction of sp³-hybridized carbons (Fsp3) is 0.625. The number of hydrogen-bond acceptors (Lipinski definition) is 5. The maximum absolute atomic E-state index is 12.5. The van der Waals surface area contributed by atoms with E-state index >= 15 is 0 Å². The van der Waals surface area contributed by atoms with Crippen molar-refractivity contribution in [3.63, 3.8) is 0 Å². The van der Waals surface area contributed by atoms with Crippen LogP contribution in [-0.2, 0) is 19.1 Å². The topological polar surface area (TPSA) is 93.7 Å². The van der Waals surface area contributed by atoms with Gasteiger partial charge in [0.2, 0.25) is 0 Å². The van der Waals surface area contributed by atoms with Crippen LogP contribution in [0.2, 0.25) is 0 Å². The predicted octanol–water partition coefficient (Wildman–Crippen LogP) is 3.04. The Kier molecular flexibility index (Phi) is 5.15. The second-order valence-electron chi connectivity index (χ2n) is 10.0. The fourth-order valence-electron chi connectivity index (χ4n) is 6.73. The number of fused-ring (bicyclic) bond motifs is 1. The van der Waals surface area contributed by atoms with Crippen LogP contribution < -0.4 is 15.4 Å². The minimum absolute atomic E-state index is 0.0797. The van der Waals surface area contributed by atoms with Gasteiger partial charge in [0, 0.05) is 6.04 Å². The van der Waals surface area contributed by atoms with Crippen molar-refractivity contribution in [2.45, 2.75) is 64.0 Å². The second kappa shape index (κ2) is 7.84. The van der Waals surface area contributed by atoms with Gasteiger partial charge in [-0.25, -0.2) is 0 Å². The first kappa shape index (κ1) is 20.3. The normalized spacial score (nSPS) is 33.6. The third-order valence-corrected chi connectivity index (χ3v) is 7.80. The first-order valence-corrected chi connectivity index (χ1v) is 11.4. The van der Waals surface area contributed by atoms with E-state index in [0.29, 0.717) is 11.4 Å². The van der Waals surface area contributed by atoms with Crippen LogP contribution in [-0.4, -0.2) is 36.5 Å². The van der Waals surface area contributed by atoms with Gasteiger partial charge in [-0.1, -0.05) is 12.1 Å². The highest BCUT2D eigenvalue weighted by atomic mass is 16.5. The highest BCUT2D eigenvalue weighted by molar-refractivity contribution is 5.99. The van der Waals surface area contributed by atoms with Crippen LogP contribution in [0.3, 0.4) is 0 Å². The molecule has 0 aromatic heterocycles. The predicted molar refractivity (Wildman–Crippen MR) is 113 cm³/mol. The lowest BCUT2D eigenvalue weighted by Crippen LogP contribution is -2.56. The Balaban J connectivity index is 1.10. The summed E-state index contributed by atoms with van der Waals surface area (Å²) in [6.07, 6.45) is 6.49. The number of esters is 1. The monoisotopic (exact) mass is 426 g/mol. The van der Waals surface area contributed by atoms with E-state index in [2.05, 4.69) is 17.6 Å². The number of amides is 2. The van der Waals surface area contributed by atoms with Gasteiger partial charge in [-0.3, -0.25) is 14.4 Å². The third-order valence-electron chi connectivity index (χ3n) is 7.80. The van der Waals surface area contributed by atoms with Gasteiger partial charge in [-0.2, -0.15) is 0 Å². The first-order chi connectivity index (χ1) is 14.9. The quantitative estimate of drug-likeness (QED) is 0.682. The number of carbonyl (C=O) groups is 3. The molecule has 6 rings (SSSR count). The number of anilines is 1. The molecule has 4 aliphatic carbocycles. The van der Waals surface area contributed by atoms with Gasteiger partial charge in [-0.15, -0.1) is 0 Å². The summed E-state index contributed by atoms with van der Waals surface area (Å²) in [5, 5.41) is 5.81. The molecule has 4 bridgehead atoms. The van der Waals surface area contributed by atoms with Gasteiger partial charge in [0.15, 0.2) is 12.7 Å². The van der Waals surface area contributed by atoms with Gasteiger partial charge >= 0.3 is 5.97 Å². The Labute approximate surface area is 182 Å². The molecule has 31 heavy (non-hydrogen) atoms. The zero-order valence-electron chi connectivity index (χ0n) is 17.9. The molecule has 1 aromatic rings. The SMILES string of the molecule is CC(NC(=O)COC(=O)CC1Oc2ccccc2NC1=O)C12CC3CC(CC(C3)C1)C2. The first-order valence-electron chi connectivity index (χ1n) is 11.4. The Bertz CT molecular complexity index is 862. The van der Waals surface area contributed by atoms with Gasteiger partial charge in [0.25, 0.3) is 11.8 Å². The lowest BCUT2D eigenvalue weighted by molar-refractivity contribution is -0.152. The zero-order valence-corrected chi connectivity index (χ0v) is 17.9. The van der Waals surface area contributed by atoms with Crippen LogP contribution in [0.25, 0.3) is 0 Å². The molecule has 2 unspecified atom stereocenters. The summed E-state index contributed by atoms with van der Waals surface area (Å²) in [6.45, 7) is 1.77. The van der Waals surface area contributed by atoms with Crippen molar-refractivity contribution < 1.29 is 23.9 Å². The van der Waals surface area contributed by atoms with Crippen LogP contribution in [0.15, 0.2) is 24.3 Å². The Morgan fingerprint density at radius 3 is 2.48 bits per heavy atom. The number of carbonyl (C=O) groups excluding carboxylic acids is 3. The van der Waals surface area contributed by atoms with E-state index in [4.69, 9.17) is 9.47 Å². The van der Waals surface area contributed by atoms with Gasteiger partial charge in [0.05, 0.1) is 12.1 Å². The van der Waals surface area contributed by atoms with E-state index in [1.54, 1.807) is 24.3 Å². The summed E-state index contributed by atoms with van der Waals surface area (Å²) in [5.74, 6) is 1.66. The average Bonchev–Trinajstić information content (AvgIpc) is 2.72. The molecular weight excluding hydrogens is 396 g/mol. The molecule has 7 nitrogen and oxygen atoms in total. The number of para-hydroxylation sites is 2. The van der Waals surface area contributed by atoms with E-state index < -0.39 is 18.0 Å². The molecule has 166 valence electrons. The highest BCUT2D eigenvalue weighted by Gasteiger charge is 2.53. The minimum Gasteiger partial charge on any atom is -0.478 e. The molecule has 0 radical (unpaired) electrons. The largest absolute Gasteiger partial charge is 0.478 e. The lowest BCUT2D eigenvalue weighted by atomic mass is 9.48. The van der Waals surface area contributed by atoms with Crippen molar-refractivity contribution in [3.05, 3.63) is 24.3 Å². The molecule has 1 aromatic carbocycles. The molecule has 0 spiro atoms. The molecule has 1 heterocycles. The van der Waals surface area contributed by atoms with Crippen LogP contribution in [0.1, 0.15) is 51.9 Å². The van der Waals surface area contributed by atoms with Gasteiger partial charge < -0.3 is 20.1 Å². The number of ether oxygens (including phenoxy) is 2. The Hall–Kier alpha value is -2.57. The van der Waals surface area contributed by atoms with Crippen molar-refractivity contribution in [2.75, 3.05) is 11.9 Å². The Morgan fingerprint density at radius 2 is 1.81 bits per heavy atom. The molecule has 4 fully saturated rings. The molecule has 7 heteroatoms. The molecule has 0 saturated heterocycles. The van der Waals surface area contributed by atoms with Gasteiger partial charge in [-0.05, 0) is 80.8 Å². The maximum atomic E-state index is 12.5. The van der Waals surface area contributed by atoms with Crippen molar-refractivity contribution in [1.82, 2.24) is 5.32 Å². The lowest BCUT2D eigenvalue weighted by Gasteiger charge is -2.59.